The van der Waals surface area contributed by atoms with Crippen LogP contribution in [0.1, 0.15) is 11.7 Å². The standard InChI is InChI=1S/C8H14N4/c1-12(2)8(5-9)7-3-4-10-6-11-7/h3-4,6,8H,5,9H2,1-2H3. The van der Waals surface area contributed by atoms with Gasteiger partial charge in [0.25, 0.3) is 0 Å². The van der Waals surface area contributed by atoms with Gasteiger partial charge >= 0.3 is 0 Å². The average molecular weight is 166 g/mol. The average Bonchev–Trinajstić information content (AvgIpc) is 2.07. The van der Waals surface area contributed by atoms with Crippen molar-refractivity contribution in [2.45, 2.75) is 6.04 Å². The Balaban J connectivity index is 2.80. The minimum absolute atomic E-state index is 0.188. The fraction of sp³-hybridized carbons (Fsp3) is 0.500. The maximum Gasteiger partial charge on any atom is 0.115 e. The summed E-state index contributed by atoms with van der Waals surface area (Å²) < 4.78 is 0. The van der Waals surface area contributed by atoms with Gasteiger partial charge in [0.05, 0.1) is 11.7 Å². The van der Waals surface area contributed by atoms with Gasteiger partial charge in [0.15, 0.2) is 0 Å². The summed E-state index contributed by atoms with van der Waals surface area (Å²) in [7, 11) is 3.97. The highest BCUT2D eigenvalue weighted by atomic mass is 15.1. The summed E-state index contributed by atoms with van der Waals surface area (Å²) >= 11 is 0. The van der Waals surface area contributed by atoms with E-state index in [2.05, 4.69) is 9.97 Å². The van der Waals surface area contributed by atoms with Crippen LogP contribution in [0.15, 0.2) is 18.6 Å². The summed E-state index contributed by atoms with van der Waals surface area (Å²) in [6, 6.07) is 2.07. The molecule has 0 aromatic carbocycles. The first-order chi connectivity index (χ1) is 5.75. The van der Waals surface area contributed by atoms with Gasteiger partial charge in [-0.2, -0.15) is 0 Å². The second-order valence-electron chi connectivity index (χ2n) is 2.85. The maximum atomic E-state index is 5.60. The molecule has 1 aromatic rings. The zero-order chi connectivity index (χ0) is 8.97. The SMILES string of the molecule is CN(C)C(CN)c1ccncn1. The topological polar surface area (TPSA) is 55.0 Å². The van der Waals surface area contributed by atoms with Crippen molar-refractivity contribution in [3.05, 3.63) is 24.3 Å². The molecule has 4 nitrogen and oxygen atoms in total. The number of nitrogens with two attached hydrogens (primary N) is 1. The third kappa shape index (κ3) is 1.99. The third-order valence-corrected chi connectivity index (χ3v) is 1.79. The lowest BCUT2D eigenvalue weighted by Crippen LogP contribution is -2.27. The van der Waals surface area contributed by atoms with E-state index in [4.69, 9.17) is 5.73 Å². The zero-order valence-corrected chi connectivity index (χ0v) is 7.44. The van der Waals surface area contributed by atoms with Gasteiger partial charge in [-0.05, 0) is 20.2 Å². The number of aromatic nitrogens is 2. The van der Waals surface area contributed by atoms with E-state index in [9.17, 15) is 0 Å². The largest absolute Gasteiger partial charge is 0.329 e. The Bertz CT molecular complexity index is 222. The number of hydrogen-bond donors (Lipinski definition) is 1. The minimum Gasteiger partial charge on any atom is -0.329 e. The first-order valence-electron chi connectivity index (χ1n) is 3.88. The van der Waals surface area contributed by atoms with Crippen LogP contribution in [0.4, 0.5) is 0 Å². The second kappa shape index (κ2) is 4.13. The first kappa shape index (κ1) is 9.09. The van der Waals surface area contributed by atoms with E-state index in [0.29, 0.717) is 6.54 Å². The molecule has 1 rings (SSSR count). The van der Waals surface area contributed by atoms with E-state index in [0.717, 1.165) is 5.69 Å². The van der Waals surface area contributed by atoms with Crippen molar-refractivity contribution < 1.29 is 0 Å². The van der Waals surface area contributed by atoms with Crippen LogP contribution in [0.5, 0.6) is 0 Å². The van der Waals surface area contributed by atoms with Gasteiger partial charge in [0, 0.05) is 12.7 Å². The molecule has 0 saturated carbocycles. The van der Waals surface area contributed by atoms with Crippen LogP contribution < -0.4 is 5.73 Å². The number of hydrogen-bond acceptors (Lipinski definition) is 4. The fourth-order valence-electron chi connectivity index (χ4n) is 1.09. The highest BCUT2D eigenvalue weighted by molar-refractivity contribution is 5.04. The highest BCUT2D eigenvalue weighted by Crippen LogP contribution is 2.11. The lowest BCUT2D eigenvalue weighted by molar-refractivity contribution is 0.300. The van der Waals surface area contributed by atoms with Crippen molar-refractivity contribution in [3.8, 4) is 0 Å². The molecule has 0 aliphatic carbocycles. The molecule has 66 valence electrons. The Kier molecular flexibility index (Phi) is 3.13. The van der Waals surface area contributed by atoms with Gasteiger partial charge in [-0.1, -0.05) is 0 Å². The van der Waals surface area contributed by atoms with Crippen LogP contribution in [-0.2, 0) is 0 Å². The van der Waals surface area contributed by atoms with Crippen LogP contribution in [-0.4, -0.2) is 35.5 Å². The van der Waals surface area contributed by atoms with Gasteiger partial charge in [-0.15, -0.1) is 0 Å². The predicted octanol–water partition coefficient (Wildman–Crippen LogP) is 0.0380. The van der Waals surface area contributed by atoms with Gasteiger partial charge < -0.3 is 5.73 Å². The summed E-state index contributed by atoms with van der Waals surface area (Å²) in [5.41, 5.74) is 6.57. The third-order valence-electron chi connectivity index (χ3n) is 1.79. The minimum atomic E-state index is 0.188. The van der Waals surface area contributed by atoms with E-state index in [1.54, 1.807) is 12.5 Å². The van der Waals surface area contributed by atoms with Crippen molar-refractivity contribution in [1.29, 1.82) is 0 Å². The molecule has 0 fully saturated rings. The fourth-order valence-corrected chi connectivity index (χ4v) is 1.09. The highest BCUT2D eigenvalue weighted by Gasteiger charge is 2.11. The quantitative estimate of drug-likeness (QED) is 0.688. The summed E-state index contributed by atoms with van der Waals surface area (Å²) in [5.74, 6) is 0. The molecule has 1 aromatic heterocycles. The van der Waals surface area contributed by atoms with Crippen molar-refractivity contribution in [2.75, 3.05) is 20.6 Å². The summed E-state index contributed by atoms with van der Waals surface area (Å²) in [5, 5.41) is 0. The lowest BCUT2D eigenvalue weighted by Gasteiger charge is -2.21. The van der Waals surface area contributed by atoms with Crippen LogP contribution >= 0.6 is 0 Å². The zero-order valence-electron chi connectivity index (χ0n) is 7.44. The second-order valence-corrected chi connectivity index (χ2v) is 2.85. The van der Waals surface area contributed by atoms with Crippen LogP contribution in [0.25, 0.3) is 0 Å². The smallest absolute Gasteiger partial charge is 0.115 e. The van der Waals surface area contributed by atoms with Gasteiger partial charge in [-0.3, -0.25) is 4.90 Å². The van der Waals surface area contributed by atoms with Crippen molar-refractivity contribution in [1.82, 2.24) is 14.9 Å². The van der Waals surface area contributed by atoms with Crippen LogP contribution in [0.3, 0.4) is 0 Å². The number of nitrogens with zero attached hydrogens (tertiary/aromatic N) is 3. The van der Waals surface area contributed by atoms with E-state index in [1.807, 2.05) is 25.1 Å². The molecular weight excluding hydrogens is 152 g/mol. The molecule has 12 heavy (non-hydrogen) atoms. The van der Waals surface area contributed by atoms with E-state index in [1.165, 1.54) is 0 Å². The Labute approximate surface area is 72.4 Å². The summed E-state index contributed by atoms with van der Waals surface area (Å²) in [6.07, 6.45) is 3.27. The Morgan fingerprint density at radius 2 is 2.33 bits per heavy atom. The van der Waals surface area contributed by atoms with Crippen molar-refractivity contribution in [2.24, 2.45) is 5.73 Å². The summed E-state index contributed by atoms with van der Waals surface area (Å²) in [6.45, 7) is 0.573. The molecule has 0 amide bonds. The Morgan fingerprint density at radius 3 is 2.75 bits per heavy atom. The molecule has 0 radical (unpaired) electrons. The first-order valence-corrected chi connectivity index (χ1v) is 3.88. The molecule has 1 atom stereocenters. The molecule has 4 heteroatoms. The monoisotopic (exact) mass is 166 g/mol. The van der Waals surface area contributed by atoms with E-state index in [-0.39, 0.29) is 6.04 Å². The van der Waals surface area contributed by atoms with Gasteiger partial charge in [0.1, 0.15) is 6.33 Å². The Morgan fingerprint density at radius 1 is 1.58 bits per heavy atom. The molecule has 0 spiro atoms. The normalized spacial score (nSPS) is 13.3. The molecule has 1 unspecified atom stereocenters. The molecule has 0 aliphatic rings. The number of rotatable bonds is 3. The van der Waals surface area contributed by atoms with Gasteiger partial charge in [-0.25, -0.2) is 9.97 Å². The molecule has 0 bridgehead atoms. The van der Waals surface area contributed by atoms with E-state index < -0.39 is 0 Å². The maximum absolute atomic E-state index is 5.60. The Hall–Kier alpha value is -1.00. The van der Waals surface area contributed by atoms with E-state index >= 15 is 0 Å². The molecule has 0 aliphatic heterocycles. The number of likely N-dealkylation sites (N-methyl/N-ethyl adjacent to an activating group) is 1. The van der Waals surface area contributed by atoms with Crippen LogP contribution in [0.2, 0.25) is 0 Å². The van der Waals surface area contributed by atoms with Crippen molar-refractivity contribution in [3.63, 3.8) is 0 Å². The van der Waals surface area contributed by atoms with Crippen molar-refractivity contribution >= 4 is 0 Å². The molecule has 2 N–H and O–H groups in total. The predicted molar refractivity (Wildman–Crippen MR) is 47.5 cm³/mol. The molecular formula is C8H14N4. The summed E-state index contributed by atoms with van der Waals surface area (Å²) in [4.78, 5) is 10.0. The molecule has 0 saturated heterocycles. The lowest BCUT2D eigenvalue weighted by atomic mass is 10.2. The molecule has 1 heterocycles. The van der Waals surface area contributed by atoms with Gasteiger partial charge in [0.2, 0.25) is 0 Å². The van der Waals surface area contributed by atoms with Crippen LogP contribution in [0, 0.1) is 0 Å².